The van der Waals surface area contributed by atoms with E-state index in [1.54, 1.807) is 48.6 Å². The van der Waals surface area contributed by atoms with Crippen molar-refractivity contribution in [2.45, 2.75) is 22.9 Å². The first-order valence-electron chi connectivity index (χ1n) is 22.0. The maximum Gasteiger partial charge on any atom is 0.132 e. The number of hydrogen-bond donors (Lipinski definition) is 0. The summed E-state index contributed by atoms with van der Waals surface area (Å²) in [5, 5.41) is 0. The van der Waals surface area contributed by atoms with E-state index in [9.17, 15) is 25.9 Å². The maximum absolute atomic E-state index is 11.4. The molecule has 0 bridgehead atoms. The molecule has 8 aromatic carbocycles. The van der Waals surface area contributed by atoms with Crippen molar-refractivity contribution in [1.29, 1.82) is 0 Å². The van der Waals surface area contributed by atoms with Crippen molar-refractivity contribution in [3.05, 3.63) is 252 Å². The summed E-state index contributed by atoms with van der Waals surface area (Å²) >= 11 is 0. The van der Waals surface area contributed by atoms with Crippen LogP contribution in [0.2, 0.25) is 0 Å². The van der Waals surface area contributed by atoms with E-state index in [0.29, 0.717) is 11.1 Å². The Balaban J connectivity index is 0.000000195. The zero-order chi connectivity index (χ0) is 48.6. The molecule has 0 saturated heterocycles. The average Bonchev–Trinajstić information content (AvgIpc) is 3.34. The topological polar surface area (TPSA) is 114 Å². The van der Waals surface area contributed by atoms with Gasteiger partial charge in [0.25, 0.3) is 0 Å². The Bertz CT molecular complexity index is 2910. The van der Waals surface area contributed by atoms with Crippen molar-refractivity contribution in [2.75, 3.05) is 28.2 Å². The third kappa shape index (κ3) is 15.0. The zero-order valence-corrected chi connectivity index (χ0v) is 40.3. The lowest BCUT2D eigenvalue weighted by Gasteiger charge is -2.29. The molecule has 0 heterocycles. The third-order valence-electron chi connectivity index (χ3n) is 11.2. The lowest BCUT2D eigenvalue weighted by atomic mass is 10.0. The number of rotatable bonds is 13. The van der Waals surface area contributed by atoms with E-state index < -0.39 is 20.2 Å². The van der Waals surface area contributed by atoms with E-state index in [1.165, 1.54) is 46.8 Å². The number of nitrogens with zero attached hydrogens (tertiary/aromatic N) is 2. The van der Waals surface area contributed by atoms with Crippen LogP contribution in [0.3, 0.4) is 0 Å². The molecule has 0 saturated carbocycles. The van der Waals surface area contributed by atoms with Gasteiger partial charge in [-0.05, 0) is 69.8 Å². The first-order chi connectivity index (χ1) is 32.5. The normalized spacial score (nSPS) is 11.9. The smallest absolute Gasteiger partial charge is 0.132 e. The summed E-state index contributed by atoms with van der Waals surface area (Å²) < 4.78 is 70.3. The van der Waals surface area contributed by atoms with Crippen LogP contribution in [0, 0.1) is 0 Å². The summed E-state index contributed by atoms with van der Waals surface area (Å²) in [7, 11) is -0.166. The fourth-order valence-corrected chi connectivity index (χ4v) is 8.90. The minimum atomic E-state index is -4.56. The molecule has 0 aliphatic carbocycles. The SMILES string of the molecule is C[N+](C)(Cc1ccccc1)c1ccccc1.C[N+](C)(Cc1ccccc1)c1ccccc1.O=S(=O)([O-])c1ccccc1C=Cc1ccc(-c2ccc(/C=C/c3ccccc3S(=O)(=O)[O-])cc2)cc1. The fraction of sp³-hybridized carbons (Fsp3) is 0.103. The molecule has 0 aliphatic rings. The highest BCUT2D eigenvalue weighted by atomic mass is 32.2. The van der Waals surface area contributed by atoms with E-state index >= 15 is 0 Å². The molecule has 0 radical (unpaired) electrons. The zero-order valence-electron chi connectivity index (χ0n) is 38.7. The average molecular weight is 941 g/mol. The van der Waals surface area contributed by atoms with Crippen LogP contribution in [0.1, 0.15) is 33.4 Å². The Kier molecular flexibility index (Phi) is 17.1. The molecule has 10 heteroatoms. The molecule has 0 aromatic heterocycles. The van der Waals surface area contributed by atoms with Gasteiger partial charge in [0.15, 0.2) is 0 Å². The molecular formula is C58H56N2O6S2. The second kappa shape index (κ2) is 23.1. The van der Waals surface area contributed by atoms with Gasteiger partial charge in [0, 0.05) is 11.1 Å². The quantitative estimate of drug-likeness (QED) is 0.0646. The van der Waals surface area contributed by atoms with Gasteiger partial charge < -0.3 is 9.11 Å². The maximum atomic E-state index is 11.4. The second-order valence-corrected chi connectivity index (χ2v) is 19.9. The predicted octanol–water partition coefficient (Wildman–Crippen LogP) is 12.4. The number of para-hydroxylation sites is 2. The van der Waals surface area contributed by atoms with Crippen molar-refractivity contribution >= 4 is 55.9 Å². The minimum Gasteiger partial charge on any atom is -0.744 e. The molecule has 0 spiro atoms. The van der Waals surface area contributed by atoms with Crippen LogP contribution in [-0.2, 0) is 33.3 Å². The van der Waals surface area contributed by atoms with E-state index in [1.807, 2.05) is 48.5 Å². The monoisotopic (exact) mass is 940 g/mol. The Labute approximate surface area is 402 Å². The van der Waals surface area contributed by atoms with Crippen LogP contribution in [0.4, 0.5) is 11.4 Å². The predicted molar refractivity (Wildman–Crippen MR) is 279 cm³/mol. The summed E-state index contributed by atoms with van der Waals surface area (Å²) in [5.74, 6) is 0. The highest BCUT2D eigenvalue weighted by molar-refractivity contribution is 7.86. The molecule has 8 nitrogen and oxygen atoms in total. The molecule has 8 aromatic rings. The van der Waals surface area contributed by atoms with Crippen molar-refractivity contribution in [3.63, 3.8) is 0 Å². The molecule has 0 fully saturated rings. The van der Waals surface area contributed by atoms with Gasteiger partial charge in [-0.15, -0.1) is 0 Å². The van der Waals surface area contributed by atoms with E-state index in [-0.39, 0.29) is 9.79 Å². The molecule has 0 aliphatic heterocycles. The van der Waals surface area contributed by atoms with Crippen LogP contribution >= 0.6 is 0 Å². The van der Waals surface area contributed by atoms with Crippen LogP contribution in [-0.4, -0.2) is 54.1 Å². The summed E-state index contributed by atoms with van der Waals surface area (Å²) in [6, 6.07) is 69.8. The van der Waals surface area contributed by atoms with Crippen LogP contribution < -0.4 is 8.97 Å². The van der Waals surface area contributed by atoms with E-state index in [2.05, 4.69) is 150 Å². The van der Waals surface area contributed by atoms with Gasteiger partial charge in [-0.2, -0.15) is 0 Å². The van der Waals surface area contributed by atoms with Gasteiger partial charge >= 0.3 is 0 Å². The van der Waals surface area contributed by atoms with Gasteiger partial charge in [0.1, 0.15) is 44.7 Å². The molecule has 346 valence electrons. The lowest BCUT2D eigenvalue weighted by molar-refractivity contribution is 0.392. The van der Waals surface area contributed by atoms with Crippen molar-refractivity contribution in [3.8, 4) is 11.1 Å². The Morgan fingerprint density at radius 2 is 0.632 bits per heavy atom. The van der Waals surface area contributed by atoms with Gasteiger partial charge in [-0.3, -0.25) is 8.97 Å². The van der Waals surface area contributed by atoms with Crippen LogP contribution in [0.25, 0.3) is 35.4 Å². The molecule has 0 unspecified atom stereocenters. The summed E-state index contributed by atoms with van der Waals surface area (Å²) in [5.41, 5.74) is 9.68. The van der Waals surface area contributed by atoms with E-state index in [0.717, 1.165) is 44.3 Å². The summed E-state index contributed by atoms with van der Waals surface area (Å²) in [6.45, 7) is 2.04. The number of benzene rings is 8. The standard InChI is InChI=1S/C28H22O6S2.2C15H18N/c29-35(30,31)27-7-3-1-5-25(27)19-13-21-9-15-23(16-10-21)24-17-11-22(12-18-24)14-20-26-6-2-4-8-28(26)36(32,33)34;2*1-16(2,15-11-7-4-8-12-15)13-14-9-5-3-6-10-14/h1-20H,(H,29,30,31)(H,32,33,34);2*3-12H,13H2,1-2H3/q;2*+1/p-2/b19-13+,20-14?;;. The van der Waals surface area contributed by atoms with Crippen molar-refractivity contribution in [1.82, 2.24) is 8.97 Å². The molecule has 0 amide bonds. The molecule has 0 atom stereocenters. The lowest BCUT2D eigenvalue weighted by Crippen LogP contribution is -2.39. The first-order valence-corrected chi connectivity index (χ1v) is 24.8. The first kappa shape index (κ1) is 50.4. The van der Waals surface area contributed by atoms with Gasteiger partial charge in [0.2, 0.25) is 0 Å². The van der Waals surface area contributed by atoms with Gasteiger partial charge in [0.05, 0.1) is 38.0 Å². The largest absolute Gasteiger partial charge is 0.744 e. The Morgan fingerprint density at radius 3 is 0.941 bits per heavy atom. The van der Waals surface area contributed by atoms with Crippen LogP contribution in [0.15, 0.2) is 228 Å². The van der Waals surface area contributed by atoms with Gasteiger partial charge in [-0.25, -0.2) is 16.8 Å². The van der Waals surface area contributed by atoms with Crippen LogP contribution in [0.5, 0.6) is 0 Å². The van der Waals surface area contributed by atoms with Crippen molar-refractivity contribution < 1.29 is 25.9 Å². The molecule has 8 rings (SSSR count). The molecule has 68 heavy (non-hydrogen) atoms. The third-order valence-corrected chi connectivity index (χ3v) is 13.0. The molecular weight excluding hydrogens is 885 g/mol. The highest BCUT2D eigenvalue weighted by Gasteiger charge is 2.20. The number of hydrogen-bond acceptors (Lipinski definition) is 6. The fourth-order valence-electron chi connectivity index (χ4n) is 7.56. The van der Waals surface area contributed by atoms with E-state index in [4.69, 9.17) is 0 Å². The summed E-state index contributed by atoms with van der Waals surface area (Å²) in [6.07, 6.45) is 6.66. The number of quaternary nitrogens is 2. The second-order valence-electron chi connectivity index (χ2n) is 17.2. The van der Waals surface area contributed by atoms with Gasteiger partial charge in [-0.1, -0.05) is 206 Å². The Morgan fingerprint density at radius 1 is 0.353 bits per heavy atom. The highest BCUT2D eigenvalue weighted by Crippen LogP contribution is 2.25. The minimum absolute atomic E-state index is 0.259. The van der Waals surface area contributed by atoms with Crippen molar-refractivity contribution in [2.24, 2.45) is 0 Å². The Hall–Kier alpha value is -7.02. The molecule has 0 N–H and O–H groups in total. The summed E-state index contributed by atoms with van der Waals surface area (Å²) in [4.78, 5) is -0.518.